The second kappa shape index (κ2) is 5.87. The number of quaternary nitrogens is 2. The van der Waals surface area contributed by atoms with Crippen LogP contribution in [-0.2, 0) is 6.54 Å². The molecule has 2 heteroatoms. The summed E-state index contributed by atoms with van der Waals surface area (Å²) in [5, 5.41) is 0. The standard InChI is InChI=1S/C18H28N2/c1-14(2)17-8-6-16(7-9-17)13-20-12-11-19-10-4-5-18(19)15(20)3/h6-9,14-15,18H,4-5,10-13H2,1-3H3/p+2/t15-,18+/m0/s1. The fourth-order valence-electron chi connectivity index (χ4n) is 4.22. The lowest BCUT2D eigenvalue weighted by molar-refractivity contribution is -1.05. The largest absolute Gasteiger partial charge is 0.323 e. The lowest BCUT2D eigenvalue weighted by Gasteiger charge is -2.37. The van der Waals surface area contributed by atoms with Gasteiger partial charge in [-0.2, -0.15) is 0 Å². The first-order valence-electron chi connectivity index (χ1n) is 8.43. The molecule has 1 aromatic rings. The molecule has 3 rings (SSSR count). The third kappa shape index (κ3) is 2.77. The number of hydrogen-bond donors (Lipinski definition) is 2. The molecule has 2 saturated heterocycles. The van der Waals surface area contributed by atoms with Crippen LogP contribution in [0.5, 0.6) is 0 Å². The molecule has 2 heterocycles. The van der Waals surface area contributed by atoms with E-state index in [1.54, 1.807) is 4.90 Å². The molecule has 0 spiro atoms. The quantitative estimate of drug-likeness (QED) is 0.801. The number of fused-ring (bicyclic) bond motifs is 1. The van der Waals surface area contributed by atoms with Gasteiger partial charge in [-0.15, -0.1) is 0 Å². The minimum absolute atomic E-state index is 0.640. The van der Waals surface area contributed by atoms with E-state index in [0.29, 0.717) is 5.92 Å². The first-order valence-corrected chi connectivity index (χ1v) is 8.43. The van der Waals surface area contributed by atoms with Gasteiger partial charge in [-0.3, -0.25) is 0 Å². The molecule has 0 aliphatic carbocycles. The maximum atomic E-state index is 2.48. The normalized spacial score (nSPS) is 33.4. The molecular formula is C18H30N2+2. The third-order valence-corrected chi connectivity index (χ3v) is 5.63. The van der Waals surface area contributed by atoms with Crippen LogP contribution in [0.25, 0.3) is 0 Å². The Labute approximate surface area is 123 Å². The van der Waals surface area contributed by atoms with Crippen molar-refractivity contribution in [2.75, 3.05) is 19.6 Å². The van der Waals surface area contributed by atoms with Crippen LogP contribution in [0.4, 0.5) is 0 Å². The highest BCUT2D eigenvalue weighted by atomic mass is 15.3. The minimum atomic E-state index is 0.640. The average Bonchev–Trinajstić information content (AvgIpc) is 2.92. The number of benzene rings is 1. The van der Waals surface area contributed by atoms with Gasteiger partial charge in [0, 0.05) is 18.4 Å². The fourth-order valence-corrected chi connectivity index (χ4v) is 4.22. The smallest absolute Gasteiger partial charge is 0.140 e. The molecule has 2 aliphatic heterocycles. The average molecular weight is 274 g/mol. The molecule has 0 bridgehead atoms. The summed E-state index contributed by atoms with van der Waals surface area (Å²) >= 11 is 0. The third-order valence-electron chi connectivity index (χ3n) is 5.63. The molecule has 2 N–H and O–H groups in total. The van der Waals surface area contributed by atoms with Crippen molar-refractivity contribution in [3.05, 3.63) is 35.4 Å². The molecule has 2 unspecified atom stereocenters. The summed E-state index contributed by atoms with van der Waals surface area (Å²) < 4.78 is 0. The van der Waals surface area contributed by atoms with Crippen LogP contribution in [-0.4, -0.2) is 31.7 Å². The Balaban J connectivity index is 1.65. The lowest BCUT2D eigenvalue weighted by atomic mass is 10.00. The van der Waals surface area contributed by atoms with E-state index >= 15 is 0 Å². The van der Waals surface area contributed by atoms with Gasteiger partial charge in [-0.25, -0.2) is 0 Å². The van der Waals surface area contributed by atoms with E-state index in [9.17, 15) is 0 Å². The van der Waals surface area contributed by atoms with E-state index < -0.39 is 0 Å². The summed E-state index contributed by atoms with van der Waals surface area (Å²) in [4.78, 5) is 3.69. The number of nitrogens with one attached hydrogen (secondary N) is 2. The predicted octanol–water partition coefficient (Wildman–Crippen LogP) is 0.644. The topological polar surface area (TPSA) is 8.88 Å². The van der Waals surface area contributed by atoms with Gasteiger partial charge in [0.2, 0.25) is 0 Å². The Hall–Kier alpha value is -0.860. The molecule has 4 atom stereocenters. The first kappa shape index (κ1) is 14.1. The van der Waals surface area contributed by atoms with E-state index in [1.165, 1.54) is 50.1 Å². The Morgan fingerprint density at radius 2 is 1.85 bits per heavy atom. The monoisotopic (exact) mass is 274 g/mol. The molecule has 0 amide bonds. The van der Waals surface area contributed by atoms with Crippen LogP contribution >= 0.6 is 0 Å². The van der Waals surface area contributed by atoms with E-state index in [0.717, 1.165) is 12.1 Å². The summed E-state index contributed by atoms with van der Waals surface area (Å²) in [6.45, 7) is 12.4. The highest BCUT2D eigenvalue weighted by molar-refractivity contribution is 5.24. The molecule has 0 saturated carbocycles. The van der Waals surface area contributed by atoms with Gasteiger partial charge in [0.25, 0.3) is 0 Å². The van der Waals surface area contributed by atoms with Gasteiger partial charge in [0.15, 0.2) is 0 Å². The van der Waals surface area contributed by atoms with E-state index in [2.05, 4.69) is 45.0 Å². The van der Waals surface area contributed by atoms with Crippen LogP contribution < -0.4 is 9.80 Å². The summed E-state index contributed by atoms with van der Waals surface area (Å²) in [7, 11) is 0. The van der Waals surface area contributed by atoms with Crippen LogP contribution in [0.2, 0.25) is 0 Å². The van der Waals surface area contributed by atoms with Crippen molar-refractivity contribution < 1.29 is 9.80 Å². The maximum absolute atomic E-state index is 2.48. The van der Waals surface area contributed by atoms with Crippen molar-refractivity contribution in [3.8, 4) is 0 Å². The second-order valence-electron chi connectivity index (χ2n) is 7.18. The molecular weight excluding hydrogens is 244 g/mol. The van der Waals surface area contributed by atoms with Gasteiger partial charge in [-0.1, -0.05) is 38.1 Å². The molecule has 110 valence electrons. The summed E-state index contributed by atoms with van der Waals surface area (Å²) in [6, 6.07) is 11.1. The van der Waals surface area contributed by atoms with Crippen molar-refractivity contribution in [2.45, 2.75) is 58.2 Å². The Kier molecular flexibility index (Phi) is 4.13. The van der Waals surface area contributed by atoms with E-state index in [-0.39, 0.29) is 0 Å². The SMILES string of the molecule is CC(C)c1ccc(C[NH+]2CC[NH+]3CCC[C@@H]3[C@@H]2C)cc1. The molecule has 2 fully saturated rings. The molecule has 2 nitrogen and oxygen atoms in total. The van der Waals surface area contributed by atoms with Gasteiger partial charge < -0.3 is 9.80 Å². The van der Waals surface area contributed by atoms with Gasteiger partial charge in [0.1, 0.15) is 31.7 Å². The number of rotatable bonds is 3. The zero-order chi connectivity index (χ0) is 14.1. The molecule has 0 radical (unpaired) electrons. The maximum Gasteiger partial charge on any atom is 0.140 e. The van der Waals surface area contributed by atoms with Gasteiger partial charge in [0.05, 0.1) is 6.54 Å². The number of hydrogen-bond acceptors (Lipinski definition) is 0. The molecule has 1 aromatic carbocycles. The first-order chi connectivity index (χ1) is 9.65. The molecule has 20 heavy (non-hydrogen) atoms. The Morgan fingerprint density at radius 3 is 2.55 bits per heavy atom. The van der Waals surface area contributed by atoms with Crippen molar-refractivity contribution in [3.63, 3.8) is 0 Å². The van der Waals surface area contributed by atoms with Crippen LogP contribution in [0.1, 0.15) is 50.7 Å². The van der Waals surface area contributed by atoms with E-state index in [4.69, 9.17) is 0 Å². The van der Waals surface area contributed by atoms with Gasteiger partial charge in [-0.05, 0) is 18.4 Å². The van der Waals surface area contributed by atoms with Crippen molar-refractivity contribution in [1.82, 2.24) is 0 Å². The zero-order valence-corrected chi connectivity index (χ0v) is 13.3. The minimum Gasteiger partial charge on any atom is -0.323 e. The molecule has 2 aliphatic rings. The summed E-state index contributed by atoms with van der Waals surface area (Å²) in [5.41, 5.74) is 2.97. The van der Waals surface area contributed by atoms with Crippen LogP contribution in [0, 0.1) is 0 Å². The highest BCUT2D eigenvalue weighted by Gasteiger charge is 2.42. The highest BCUT2D eigenvalue weighted by Crippen LogP contribution is 2.14. The number of piperazine rings is 1. The van der Waals surface area contributed by atoms with Crippen molar-refractivity contribution in [2.24, 2.45) is 0 Å². The summed E-state index contributed by atoms with van der Waals surface area (Å²) in [6.07, 6.45) is 2.90. The Morgan fingerprint density at radius 1 is 1.10 bits per heavy atom. The zero-order valence-electron chi connectivity index (χ0n) is 13.3. The van der Waals surface area contributed by atoms with Crippen molar-refractivity contribution >= 4 is 0 Å². The van der Waals surface area contributed by atoms with Crippen LogP contribution in [0.3, 0.4) is 0 Å². The van der Waals surface area contributed by atoms with E-state index in [1.807, 2.05) is 4.90 Å². The Bertz CT molecular complexity index is 437. The summed E-state index contributed by atoms with van der Waals surface area (Å²) in [5.74, 6) is 0.640. The van der Waals surface area contributed by atoms with Crippen molar-refractivity contribution in [1.29, 1.82) is 0 Å². The second-order valence-corrected chi connectivity index (χ2v) is 7.18. The van der Waals surface area contributed by atoms with Gasteiger partial charge >= 0.3 is 0 Å². The van der Waals surface area contributed by atoms with Crippen LogP contribution in [0.15, 0.2) is 24.3 Å². The predicted molar refractivity (Wildman–Crippen MR) is 83.2 cm³/mol. The fraction of sp³-hybridized carbons (Fsp3) is 0.667. The lowest BCUT2D eigenvalue weighted by Crippen LogP contribution is -3.31. The molecule has 0 aromatic heterocycles.